The van der Waals surface area contributed by atoms with Gasteiger partial charge in [0.2, 0.25) is 10.0 Å². The number of rotatable bonds is 4. The van der Waals surface area contributed by atoms with Gasteiger partial charge in [-0.1, -0.05) is 28.8 Å². The molecule has 138 valence electrons. The number of ether oxygens (including phenoxy) is 1. The largest absolute Gasteiger partial charge is 0.423 e. The molecular formula is C19H20BrNO4S. The highest BCUT2D eigenvalue weighted by Crippen LogP contribution is 2.22. The summed E-state index contributed by atoms with van der Waals surface area (Å²) in [5.74, 6) is -0.0921. The highest BCUT2D eigenvalue weighted by Gasteiger charge is 2.25. The Kier molecular flexibility index (Phi) is 6.11. The molecule has 0 saturated carbocycles. The minimum atomic E-state index is -3.52. The molecule has 0 aromatic heterocycles. The molecule has 0 aliphatic carbocycles. The molecule has 0 spiro atoms. The monoisotopic (exact) mass is 437 g/mol. The fraction of sp³-hybridized carbons (Fsp3) is 0.316. The molecule has 0 bridgehead atoms. The summed E-state index contributed by atoms with van der Waals surface area (Å²) in [4.78, 5) is 12.4. The van der Waals surface area contributed by atoms with Crippen molar-refractivity contribution in [2.45, 2.75) is 30.6 Å². The summed E-state index contributed by atoms with van der Waals surface area (Å²) in [6.07, 6.45) is 3.90. The first-order chi connectivity index (χ1) is 12.5. The molecule has 0 unspecified atom stereocenters. The average Bonchev–Trinajstić information content (AvgIpc) is 2.94. The van der Waals surface area contributed by atoms with Crippen LogP contribution in [0.4, 0.5) is 0 Å². The number of sulfonamides is 1. The van der Waals surface area contributed by atoms with Crippen LogP contribution in [0.2, 0.25) is 0 Å². The van der Waals surface area contributed by atoms with Gasteiger partial charge in [0, 0.05) is 17.6 Å². The maximum atomic E-state index is 12.7. The molecule has 1 aliphatic rings. The van der Waals surface area contributed by atoms with Crippen LogP contribution in [0.15, 0.2) is 57.9 Å². The van der Waals surface area contributed by atoms with Crippen molar-refractivity contribution in [1.82, 2.24) is 4.31 Å². The van der Waals surface area contributed by atoms with E-state index in [-0.39, 0.29) is 4.90 Å². The van der Waals surface area contributed by atoms with Crippen molar-refractivity contribution in [3.8, 4) is 5.75 Å². The summed E-state index contributed by atoms with van der Waals surface area (Å²) in [7, 11) is -3.52. The zero-order valence-electron chi connectivity index (χ0n) is 14.2. The van der Waals surface area contributed by atoms with Crippen LogP contribution in [0.5, 0.6) is 5.75 Å². The van der Waals surface area contributed by atoms with Crippen LogP contribution in [-0.2, 0) is 10.0 Å². The molecule has 2 aromatic carbocycles. The molecular weight excluding hydrogens is 418 g/mol. The number of nitrogens with zero attached hydrogens (tertiary/aromatic N) is 1. The Morgan fingerprint density at radius 3 is 2.04 bits per heavy atom. The third-order valence-electron chi connectivity index (χ3n) is 4.32. The summed E-state index contributed by atoms with van der Waals surface area (Å²) in [5.41, 5.74) is 0.308. The van der Waals surface area contributed by atoms with Crippen molar-refractivity contribution < 1.29 is 17.9 Å². The minimum Gasteiger partial charge on any atom is -0.423 e. The van der Waals surface area contributed by atoms with Crippen molar-refractivity contribution in [1.29, 1.82) is 0 Å². The first kappa shape index (κ1) is 19.1. The molecule has 1 aliphatic heterocycles. The van der Waals surface area contributed by atoms with Crippen molar-refractivity contribution in [2.24, 2.45) is 0 Å². The predicted molar refractivity (Wildman–Crippen MR) is 103 cm³/mol. The van der Waals surface area contributed by atoms with Gasteiger partial charge in [-0.3, -0.25) is 0 Å². The van der Waals surface area contributed by atoms with Crippen LogP contribution in [0.3, 0.4) is 0 Å². The average molecular weight is 438 g/mol. The third-order valence-corrected chi connectivity index (χ3v) is 6.76. The second kappa shape index (κ2) is 8.33. The lowest BCUT2D eigenvalue weighted by atomic mass is 10.2. The van der Waals surface area contributed by atoms with Crippen LogP contribution < -0.4 is 4.74 Å². The summed E-state index contributed by atoms with van der Waals surface area (Å²) in [6, 6.07) is 12.8. The Balaban J connectivity index is 1.72. The Bertz CT molecular complexity index is 855. The summed E-state index contributed by atoms with van der Waals surface area (Å²) >= 11 is 3.32. The van der Waals surface area contributed by atoms with E-state index in [4.69, 9.17) is 4.74 Å². The summed E-state index contributed by atoms with van der Waals surface area (Å²) in [5, 5.41) is 0. The normalized spacial score (nSPS) is 16.0. The van der Waals surface area contributed by atoms with Gasteiger partial charge < -0.3 is 4.74 Å². The van der Waals surface area contributed by atoms with Crippen LogP contribution in [0.25, 0.3) is 0 Å². The zero-order valence-corrected chi connectivity index (χ0v) is 16.6. The Labute approximate surface area is 162 Å². The quantitative estimate of drug-likeness (QED) is 0.530. The predicted octanol–water partition coefficient (Wildman–Crippen LogP) is 4.23. The van der Waals surface area contributed by atoms with Gasteiger partial charge in [0.25, 0.3) is 0 Å². The van der Waals surface area contributed by atoms with E-state index in [9.17, 15) is 13.2 Å². The second-order valence-corrected chi connectivity index (χ2v) is 9.04. The molecule has 7 heteroatoms. The maximum absolute atomic E-state index is 12.7. The first-order valence-electron chi connectivity index (χ1n) is 8.55. The first-order valence-corrected chi connectivity index (χ1v) is 10.8. The van der Waals surface area contributed by atoms with Gasteiger partial charge in [-0.2, -0.15) is 4.31 Å². The molecule has 3 rings (SSSR count). The van der Waals surface area contributed by atoms with Crippen molar-refractivity contribution in [2.75, 3.05) is 13.1 Å². The Morgan fingerprint density at radius 1 is 0.885 bits per heavy atom. The summed E-state index contributed by atoms with van der Waals surface area (Å²) in [6.45, 7) is 1.10. The van der Waals surface area contributed by atoms with E-state index in [2.05, 4.69) is 15.9 Å². The van der Waals surface area contributed by atoms with Crippen LogP contribution in [0, 0.1) is 0 Å². The molecule has 1 heterocycles. The van der Waals surface area contributed by atoms with E-state index in [1.807, 2.05) is 0 Å². The van der Waals surface area contributed by atoms with Gasteiger partial charge in [-0.25, -0.2) is 13.2 Å². The van der Waals surface area contributed by atoms with Gasteiger partial charge in [0.05, 0.1) is 10.5 Å². The van der Waals surface area contributed by atoms with Gasteiger partial charge in [-0.15, -0.1) is 0 Å². The standard InChI is InChI=1S/C19H20BrNO4S/c20-16-7-9-17(10-8-16)25-19(22)15-5-11-18(12-6-15)26(23,24)21-13-3-1-2-4-14-21/h5-12H,1-4,13-14H2. The van der Waals surface area contributed by atoms with E-state index in [0.29, 0.717) is 24.4 Å². The number of carbonyl (C=O) groups is 1. The van der Waals surface area contributed by atoms with E-state index < -0.39 is 16.0 Å². The Hall–Kier alpha value is -1.70. The lowest BCUT2D eigenvalue weighted by Crippen LogP contribution is -2.31. The SMILES string of the molecule is O=C(Oc1ccc(Br)cc1)c1ccc(S(=O)(=O)N2CCCCCC2)cc1. The lowest BCUT2D eigenvalue weighted by molar-refractivity contribution is 0.0734. The molecule has 0 amide bonds. The van der Waals surface area contributed by atoms with E-state index in [0.717, 1.165) is 30.2 Å². The number of halogens is 1. The smallest absolute Gasteiger partial charge is 0.343 e. The molecule has 0 atom stereocenters. The molecule has 1 fully saturated rings. The number of hydrogen-bond donors (Lipinski definition) is 0. The lowest BCUT2D eigenvalue weighted by Gasteiger charge is -2.19. The van der Waals surface area contributed by atoms with Crippen molar-refractivity contribution in [3.05, 3.63) is 58.6 Å². The topological polar surface area (TPSA) is 63.7 Å². The molecule has 26 heavy (non-hydrogen) atoms. The van der Waals surface area contributed by atoms with Crippen molar-refractivity contribution in [3.63, 3.8) is 0 Å². The number of hydrogen-bond acceptors (Lipinski definition) is 4. The number of esters is 1. The summed E-state index contributed by atoms with van der Waals surface area (Å²) < 4.78 is 33.2. The minimum absolute atomic E-state index is 0.208. The molecule has 0 radical (unpaired) electrons. The zero-order chi connectivity index (χ0) is 18.6. The number of carbonyl (C=O) groups excluding carboxylic acids is 1. The molecule has 0 N–H and O–H groups in total. The van der Waals surface area contributed by atoms with Gasteiger partial charge >= 0.3 is 5.97 Å². The van der Waals surface area contributed by atoms with Crippen molar-refractivity contribution >= 4 is 31.9 Å². The van der Waals surface area contributed by atoms with Crippen LogP contribution >= 0.6 is 15.9 Å². The molecule has 1 saturated heterocycles. The molecule has 2 aromatic rings. The second-order valence-electron chi connectivity index (χ2n) is 6.19. The van der Waals surface area contributed by atoms with Gasteiger partial charge in [0.1, 0.15) is 5.75 Å². The molecule has 5 nitrogen and oxygen atoms in total. The van der Waals surface area contributed by atoms with E-state index in [1.54, 1.807) is 24.3 Å². The Morgan fingerprint density at radius 2 is 1.46 bits per heavy atom. The highest BCUT2D eigenvalue weighted by molar-refractivity contribution is 9.10. The fourth-order valence-corrected chi connectivity index (χ4v) is 4.64. The maximum Gasteiger partial charge on any atom is 0.343 e. The number of benzene rings is 2. The van der Waals surface area contributed by atoms with Gasteiger partial charge in [-0.05, 0) is 61.4 Å². The van der Waals surface area contributed by atoms with Gasteiger partial charge in [0.15, 0.2) is 0 Å². The van der Waals surface area contributed by atoms with Crippen LogP contribution in [-0.4, -0.2) is 31.8 Å². The third kappa shape index (κ3) is 4.52. The van der Waals surface area contributed by atoms with E-state index >= 15 is 0 Å². The highest BCUT2D eigenvalue weighted by atomic mass is 79.9. The van der Waals surface area contributed by atoms with Crippen LogP contribution in [0.1, 0.15) is 36.0 Å². The fourth-order valence-electron chi connectivity index (χ4n) is 2.86. The van der Waals surface area contributed by atoms with E-state index in [1.165, 1.54) is 28.6 Å².